The van der Waals surface area contributed by atoms with E-state index in [2.05, 4.69) is 81.3 Å². The van der Waals surface area contributed by atoms with Crippen LogP contribution in [0.15, 0.2) is 194 Å². The van der Waals surface area contributed by atoms with Gasteiger partial charge in [-0.2, -0.15) is 0 Å². The van der Waals surface area contributed by atoms with Crippen LogP contribution in [0.3, 0.4) is 0 Å². The van der Waals surface area contributed by atoms with Crippen molar-refractivity contribution in [3.63, 3.8) is 0 Å². The molecule has 2 aliphatic rings. The lowest BCUT2D eigenvalue weighted by atomic mass is 10.00. The number of benzene rings is 8. The van der Waals surface area contributed by atoms with E-state index in [0.717, 1.165) is 44.8 Å². The Kier molecular flexibility index (Phi) is 17.0. The summed E-state index contributed by atoms with van der Waals surface area (Å²) in [5, 5.41) is 9.67. The first kappa shape index (κ1) is 62.4. The molecule has 0 fully saturated rings. The molecule has 14 rings (SSSR count). The largest absolute Gasteiger partial charge is 0.497 e. The van der Waals surface area contributed by atoms with Crippen molar-refractivity contribution in [2.45, 2.75) is 0 Å². The third-order valence-corrected chi connectivity index (χ3v) is 17.4. The summed E-state index contributed by atoms with van der Waals surface area (Å²) in [7, 11) is 13.1. The predicted molar refractivity (Wildman–Crippen MR) is 386 cm³/mol. The molecule has 0 unspecified atom stereocenters. The number of carboxylic acids is 1. The minimum atomic E-state index is -1.01. The smallest absolute Gasteiger partial charge is 0.335 e. The van der Waals surface area contributed by atoms with Crippen LogP contribution in [0.2, 0.25) is 0 Å². The van der Waals surface area contributed by atoms with Gasteiger partial charge >= 0.3 is 5.97 Å². The fourth-order valence-corrected chi connectivity index (χ4v) is 12.7. The van der Waals surface area contributed by atoms with Crippen LogP contribution in [0.4, 0.5) is 17.1 Å². The third kappa shape index (κ3) is 11.5. The number of methoxy groups -OCH3 is 8. The molecule has 0 spiro atoms. The van der Waals surface area contributed by atoms with Crippen LogP contribution in [0, 0.1) is 11.8 Å². The predicted octanol–water partition coefficient (Wildman–Crippen LogP) is 17.6. The highest BCUT2D eigenvalue weighted by Gasteiger charge is 2.27. The lowest BCUT2D eigenvalue weighted by molar-refractivity contribution is 0.0696. The molecule has 17 nitrogen and oxygen atoms in total. The van der Waals surface area contributed by atoms with Crippen LogP contribution in [0.1, 0.15) is 44.3 Å². The number of ether oxygens (including phenoxy) is 8. The summed E-state index contributed by atoms with van der Waals surface area (Å²) in [6.45, 7) is 0. The average molecular weight is 1290 g/mol. The van der Waals surface area contributed by atoms with Gasteiger partial charge < -0.3 is 57.9 Å². The van der Waals surface area contributed by atoms with E-state index in [0.29, 0.717) is 141 Å². The quantitative estimate of drug-likeness (QED) is 0.0727. The van der Waals surface area contributed by atoms with Gasteiger partial charge in [0.1, 0.15) is 51.5 Å². The molecule has 0 atom stereocenters. The molecule has 0 aliphatic carbocycles. The Morgan fingerprint density at radius 2 is 0.827 bits per heavy atom. The molecule has 8 aromatic carbocycles. The number of anilines is 3. The van der Waals surface area contributed by atoms with E-state index < -0.39 is 5.97 Å². The number of H-pyrrole nitrogens is 2. The second-order valence-electron chi connectivity index (χ2n) is 22.7. The van der Waals surface area contributed by atoms with Gasteiger partial charge in [-0.05, 0) is 156 Å². The van der Waals surface area contributed by atoms with Crippen molar-refractivity contribution >= 4 is 80.4 Å². The van der Waals surface area contributed by atoms with E-state index in [9.17, 15) is 9.90 Å². The highest BCUT2D eigenvalue weighted by molar-refractivity contribution is 6.03. The summed E-state index contributed by atoms with van der Waals surface area (Å²) < 4.78 is 47.9. The van der Waals surface area contributed by atoms with Crippen molar-refractivity contribution in [2.24, 2.45) is 0 Å². The lowest BCUT2D eigenvalue weighted by Crippen LogP contribution is -2.12. The maximum atomic E-state index is 11.8. The van der Waals surface area contributed by atoms with Crippen LogP contribution in [0.25, 0.3) is 113 Å². The molecule has 0 saturated carbocycles. The van der Waals surface area contributed by atoms with Gasteiger partial charge in [0.15, 0.2) is 0 Å². The Hall–Kier alpha value is -13.1. The summed E-state index contributed by atoms with van der Waals surface area (Å²) in [5.41, 5.74) is 17.6. The molecule has 17 heteroatoms. The number of hydrogen-bond acceptors (Lipinski definition) is 14. The Morgan fingerprint density at radius 3 is 1.33 bits per heavy atom. The van der Waals surface area contributed by atoms with Crippen LogP contribution in [-0.2, 0) is 0 Å². The fourth-order valence-electron chi connectivity index (χ4n) is 12.7. The fraction of sp³-hybridized carbons (Fsp3) is 0.0988. The maximum Gasteiger partial charge on any atom is 0.335 e. The van der Waals surface area contributed by atoms with Crippen LogP contribution < -0.4 is 42.8 Å². The van der Waals surface area contributed by atoms with Gasteiger partial charge in [0.25, 0.3) is 0 Å². The van der Waals surface area contributed by atoms with Gasteiger partial charge in [0, 0.05) is 74.8 Å². The summed E-state index contributed by atoms with van der Waals surface area (Å²) >= 11 is 0. The van der Waals surface area contributed by atoms with E-state index in [4.69, 9.17) is 57.8 Å². The molecule has 0 radical (unpaired) electrons. The Bertz CT molecular complexity index is 5240. The molecule has 12 aromatic rings. The van der Waals surface area contributed by atoms with Crippen molar-refractivity contribution < 1.29 is 47.8 Å². The molecule has 0 saturated heterocycles. The van der Waals surface area contributed by atoms with Gasteiger partial charge in [0.2, 0.25) is 0 Å². The van der Waals surface area contributed by atoms with E-state index in [1.165, 1.54) is 0 Å². The minimum absolute atomic E-state index is 0.176. The monoisotopic (exact) mass is 1290 g/mol. The molecule has 6 heterocycles. The van der Waals surface area contributed by atoms with E-state index >= 15 is 0 Å². The van der Waals surface area contributed by atoms with Crippen LogP contribution in [-0.4, -0.2) is 97.9 Å². The first-order valence-corrected chi connectivity index (χ1v) is 31.2. The number of aromatic amines is 2. The molecular formula is C81H63N7O10. The number of fused-ring (bicyclic) bond motifs is 9. The number of rotatable bonds is 17. The van der Waals surface area contributed by atoms with Crippen molar-refractivity contribution in [2.75, 3.05) is 61.8 Å². The minimum Gasteiger partial charge on any atom is -0.497 e. The van der Waals surface area contributed by atoms with Gasteiger partial charge in [0.05, 0.1) is 130 Å². The molecule has 8 bridgehead atoms. The lowest BCUT2D eigenvalue weighted by Gasteiger charge is -2.27. The van der Waals surface area contributed by atoms with Gasteiger partial charge in [-0.15, -0.1) is 0 Å². The van der Waals surface area contributed by atoms with Crippen molar-refractivity contribution in [3.8, 4) is 113 Å². The SMILES string of the molecule is COc1ccc(-c2ccc(N(c3ccc(-c4ccc(OC)cc4OC)cc3)c3c4nc(c(-c5c(OC)cccc5OC)c5ccc([nH]5)c(C#Cc5ccc(-c6ccc(C(=O)O)cc6)c6nccnc56)c5nc(c(-c6c(OC)cccc6OC)c6ccc3[nH]6)C=C5)C=C4)cc2)c(OC)c1. The summed E-state index contributed by atoms with van der Waals surface area (Å²) in [6, 6.07) is 58.3. The number of aromatic nitrogens is 6. The first-order valence-electron chi connectivity index (χ1n) is 31.2. The van der Waals surface area contributed by atoms with Crippen LogP contribution in [0.5, 0.6) is 46.0 Å². The zero-order valence-corrected chi connectivity index (χ0v) is 54.6. The number of aromatic carboxylic acids is 1. The summed E-state index contributed by atoms with van der Waals surface area (Å²) in [5.74, 6) is 10.9. The standard InChI is InChI=1S/C81H63N7O10/c1-91-54-29-33-56(72(45-54)97-7)47-19-25-52(26-20-47)88(53-27-21-48(22-28-53)57-34-30-55(92-2)46-73(57)98-8)80-66-41-39-64(86-66)74(76-68(93-3)11-9-12-69(76)94-4)62-37-35-60(84-62)59(32-24-50-23-31-58(79-78(50)82-43-44-83-79)49-15-17-51(18-16-49)81(89)90)61-36-38-63(85-61)75(65-40-42-67(80)87-65)77-70(95-5)13-10-14-71(77)96-6/h9-23,25-31,33-46,84,87H,1-8H3,(H,89,90). The molecule has 4 aromatic heterocycles. The number of hydrogen-bond donors (Lipinski definition) is 3. The van der Waals surface area contributed by atoms with Gasteiger partial charge in [-0.1, -0.05) is 66.4 Å². The Labute approximate surface area is 564 Å². The highest BCUT2D eigenvalue weighted by atomic mass is 16.5. The first-order chi connectivity index (χ1) is 48.0. The average Bonchev–Trinajstić information content (AvgIpc) is 1.53. The number of carbonyl (C=O) groups is 1. The van der Waals surface area contributed by atoms with Crippen molar-refractivity contribution in [1.29, 1.82) is 0 Å². The second kappa shape index (κ2) is 26.7. The maximum absolute atomic E-state index is 11.8. The molecule has 2 aliphatic heterocycles. The second-order valence-corrected chi connectivity index (χ2v) is 22.7. The van der Waals surface area contributed by atoms with Gasteiger partial charge in [-0.25, -0.2) is 14.8 Å². The summed E-state index contributed by atoms with van der Waals surface area (Å²) in [4.78, 5) is 42.6. The normalized spacial score (nSPS) is 11.4. The Balaban J connectivity index is 1.08. The van der Waals surface area contributed by atoms with E-state index in [1.807, 2.05) is 127 Å². The highest BCUT2D eigenvalue weighted by Crippen LogP contribution is 2.48. The molecule has 0 amide bonds. The zero-order chi connectivity index (χ0) is 67.6. The van der Waals surface area contributed by atoms with Crippen molar-refractivity contribution in [3.05, 3.63) is 234 Å². The molecule has 98 heavy (non-hydrogen) atoms. The third-order valence-electron chi connectivity index (χ3n) is 17.4. The number of nitrogens with one attached hydrogen (secondary N) is 2. The molecule has 3 N–H and O–H groups in total. The molecule has 482 valence electrons. The zero-order valence-electron chi connectivity index (χ0n) is 54.6. The van der Waals surface area contributed by atoms with E-state index in [1.54, 1.807) is 93.5 Å². The number of carboxylic acid groups (broad SMARTS) is 1. The van der Waals surface area contributed by atoms with E-state index in [-0.39, 0.29) is 5.56 Å². The molecular weight excluding hydrogens is 1230 g/mol. The van der Waals surface area contributed by atoms with Crippen LogP contribution >= 0.6 is 0 Å². The summed E-state index contributed by atoms with van der Waals surface area (Å²) in [6.07, 6.45) is 11.2. The van der Waals surface area contributed by atoms with Crippen molar-refractivity contribution in [1.82, 2.24) is 29.9 Å². The Morgan fingerprint density at radius 1 is 0.398 bits per heavy atom. The number of nitrogens with zero attached hydrogens (tertiary/aromatic N) is 5. The topological polar surface area (TPSA) is 198 Å². The van der Waals surface area contributed by atoms with Gasteiger partial charge in [-0.3, -0.25) is 9.97 Å².